The van der Waals surface area contributed by atoms with Crippen LogP contribution < -0.4 is 16.0 Å². The van der Waals surface area contributed by atoms with Crippen molar-refractivity contribution >= 4 is 27.6 Å². The third-order valence-electron chi connectivity index (χ3n) is 3.02. The van der Waals surface area contributed by atoms with E-state index in [4.69, 9.17) is 5.26 Å². The molecule has 0 saturated carbocycles. The number of hydrogen-bond donors (Lipinski definition) is 3. The van der Waals surface area contributed by atoms with Gasteiger partial charge in [-0.2, -0.15) is 5.26 Å². The molecule has 1 rings (SSSR count). The lowest BCUT2D eigenvalue weighted by Crippen LogP contribution is -2.38. The number of nitrogens with one attached hydrogen (secondary N) is 3. The third kappa shape index (κ3) is 6.48. The van der Waals surface area contributed by atoms with Gasteiger partial charge in [-0.3, -0.25) is 14.4 Å². The van der Waals surface area contributed by atoms with E-state index in [9.17, 15) is 22.8 Å². The minimum Gasteiger partial charge on any atom is -0.355 e. The molecule has 0 spiro atoms. The first-order valence-electron chi connectivity index (χ1n) is 7.61. The second-order valence-corrected chi connectivity index (χ2v) is 7.10. The Hall–Kier alpha value is -3.00. The molecule has 0 unspecified atom stereocenters. The largest absolute Gasteiger partial charge is 0.355 e. The third-order valence-corrected chi connectivity index (χ3v) is 4.04. The molecule has 0 saturated heterocycles. The number of pyridine rings is 1. The van der Waals surface area contributed by atoms with Crippen LogP contribution in [0, 0.1) is 11.3 Å². The quantitative estimate of drug-likeness (QED) is 0.506. The van der Waals surface area contributed by atoms with Crippen LogP contribution in [-0.4, -0.2) is 57.0 Å². The first-order valence-corrected chi connectivity index (χ1v) is 9.51. The topological polar surface area (TPSA) is 158 Å². The summed E-state index contributed by atoms with van der Waals surface area (Å²) < 4.78 is 23.3. The molecule has 0 atom stereocenters. The van der Waals surface area contributed by atoms with E-state index < -0.39 is 26.7 Å². The van der Waals surface area contributed by atoms with Gasteiger partial charge >= 0.3 is 0 Å². The molecule has 0 aromatic carbocycles. The van der Waals surface area contributed by atoms with Crippen LogP contribution in [0.25, 0.3) is 0 Å². The first-order chi connectivity index (χ1) is 12.2. The van der Waals surface area contributed by atoms with Crippen LogP contribution in [-0.2, 0) is 19.4 Å². The number of carbonyl (C=O) groups excluding carboxylic acids is 3. The Morgan fingerprint density at radius 3 is 2.42 bits per heavy atom. The minimum absolute atomic E-state index is 0.0318. The van der Waals surface area contributed by atoms with Gasteiger partial charge in [-0.05, 0) is 19.1 Å². The van der Waals surface area contributed by atoms with Gasteiger partial charge in [0.15, 0.2) is 14.9 Å². The summed E-state index contributed by atoms with van der Waals surface area (Å²) in [5.74, 6) is -1.43. The molecule has 0 aliphatic heterocycles. The van der Waals surface area contributed by atoms with Gasteiger partial charge in [0.25, 0.3) is 5.91 Å². The highest BCUT2D eigenvalue weighted by Gasteiger charge is 2.18. The van der Waals surface area contributed by atoms with Gasteiger partial charge < -0.3 is 16.0 Å². The number of rotatable bonds is 8. The van der Waals surface area contributed by atoms with E-state index in [1.54, 1.807) is 13.0 Å². The van der Waals surface area contributed by atoms with Gasteiger partial charge in [0.2, 0.25) is 11.8 Å². The number of sulfone groups is 1. The fourth-order valence-corrected chi connectivity index (χ4v) is 2.62. The number of hydrogen-bond acceptors (Lipinski definition) is 7. The van der Waals surface area contributed by atoms with E-state index in [1.165, 1.54) is 12.1 Å². The van der Waals surface area contributed by atoms with Gasteiger partial charge in [0, 0.05) is 25.8 Å². The van der Waals surface area contributed by atoms with Crippen LogP contribution >= 0.6 is 0 Å². The summed E-state index contributed by atoms with van der Waals surface area (Å²) in [5, 5.41) is 15.8. The molecule has 0 aliphatic carbocycles. The zero-order valence-corrected chi connectivity index (χ0v) is 15.1. The molecule has 140 valence electrons. The predicted molar refractivity (Wildman–Crippen MR) is 90.7 cm³/mol. The Balaban J connectivity index is 2.60. The molecule has 11 heteroatoms. The molecule has 0 radical (unpaired) electrons. The Bertz CT molecular complexity index is 844. The highest BCUT2D eigenvalue weighted by molar-refractivity contribution is 7.90. The van der Waals surface area contributed by atoms with Crippen LogP contribution in [0.2, 0.25) is 0 Å². The average molecular weight is 381 g/mol. The summed E-state index contributed by atoms with van der Waals surface area (Å²) in [6.45, 7) is 2.02. The number of nitrogens with zero attached hydrogens (tertiary/aromatic N) is 2. The Morgan fingerprint density at radius 2 is 1.85 bits per heavy atom. The zero-order valence-electron chi connectivity index (χ0n) is 14.3. The maximum absolute atomic E-state index is 12.0. The highest BCUT2D eigenvalue weighted by Crippen LogP contribution is 2.13. The normalized spacial score (nSPS) is 10.5. The predicted octanol–water partition coefficient (Wildman–Crippen LogP) is -1.27. The van der Waals surface area contributed by atoms with Crippen molar-refractivity contribution in [1.82, 2.24) is 20.9 Å². The summed E-state index contributed by atoms with van der Waals surface area (Å²) in [6, 6.07) is 4.11. The number of amides is 3. The molecule has 1 heterocycles. The van der Waals surface area contributed by atoms with Gasteiger partial charge in [-0.15, -0.1) is 0 Å². The Morgan fingerprint density at radius 1 is 1.15 bits per heavy atom. The van der Waals surface area contributed by atoms with Crippen LogP contribution in [0.1, 0.15) is 29.4 Å². The summed E-state index contributed by atoms with van der Waals surface area (Å²) >= 11 is 0. The van der Waals surface area contributed by atoms with E-state index >= 15 is 0 Å². The van der Waals surface area contributed by atoms with Crippen molar-refractivity contribution in [1.29, 1.82) is 5.26 Å². The molecular weight excluding hydrogens is 362 g/mol. The van der Waals surface area contributed by atoms with E-state index in [2.05, 4.69) is 20.9 Å². The molecule has 1 aromatic heterocycles. The van der Waals surface area contributed by atoms with E-state index in [0.717, 1.165) is 6.26 Å². The lowest BCUT2D eigenvalue weighted by atomic mass is 10.2. The molecule has 0 aliphatic rings. The van der Waals surface area contributed by atoms with Crippen molar-refractivity contribution in [3.05, 3.63) is 23.4 Å². The summed E-state index contributed by atoms with van der Waals surface area (Å²) in [7, 11) is -3.77. The number of aromatic nitrogens is 1. The standard InChI is InChI=1S/C15H19N5O5S/c1-3-17-13(22)9-19-12(21)6-7-18-14(23)11-5-4-10(8-16)15(20-11)26(2,24)25/h4-5H,3,6-7,9H2,1-2H3,(H,17,22)(H,18,23)(H,19,21). The molecule has 0 bridgehead atoms. The van der Waals surface area contributed by atoms with E-state index in [1.807, 2.05) is 0 Å². The lowest BCUT2D eigenvalue weighted by molar-refractivity contribution is -0.126. The molecule has 3 N–H and O–H groups in total. The Kier molecular flexibility index (Phi) is 7.67. The fourth-order valence-electron chi connectivity index (χ4n) is 1.84. The van der Waals surface area contributed by atoms with Crippen molar-refractivity contribution < 1.29 is 22.8 Å². The van der Waals surface area contributed by atoms with E-state index in [-0.39, 0.29) is 36.7 Å². The monoisotopic (exact) mass is 381 g/mol. The molecular formula is C15H19N5O5S. The van der Waals surface area contributed by atoms with Crippen molar-refractivity contribution in [2.75, 3.05) is 25.9 Å². The second kappa shape index (κ2) is 9.47. The second-order valence-electron chi connectivity index (χ2n) is 5.17. The minimum atomic E-state index is -3.77. The average Bonchev–Trinajstić information content (AvgIpc) is 2.58. The van der Waals surface area contributed by atoms with Crippen molar-refractivity contribution in [3.63, 3.8) is 0 Å². The van der Waals surface area contributed by atoms with Crippen molar-refractivity contribution in [2.24, 2.45) is 0 Å². The summed E-state index contributed by atoms with van der Waals surface area (Å²) in [5.41, 5.74) is -0.346. The van der Waals surface area contributed by atoms with E-state index in [0.29, 0.717) is 6.54 Å². The maximum Gasteiger partial charge on any atom is 0.269 e. The molecule has 10 nitrogen and oxygen atoms in total. The zero-order chi connectivity index (χ0) is 19.7. The summed E-state index contributed by atoms with van der Waals surface area (Å²) in [6.07, 6.45) is 0.817. The Labute approximate surface area is 150 Å². The van der Waals surface area contributed by atoms with Crippen LogP contribution in [0.15, 0.2) is 17.2 Å². The fraction of sp³-hybridized carbons (Fsp3) is 0.400. The molecule has 1 aromatic rings. The van der Waals surface area contributed by atoms with Crippen LogP contribution in [0.3, 0.4) is 0 Å². The number of carbonyl (C=O) groups is 3. The molecule has 26 heavy (non-hydrogen) atoms. The van der Waals surface area contributed by atoms with Gasteiger partial charge in [0.1, 0.15) is 11.8 Å². The highest BCUT2D eigenvalue weighted by atomic mass is 32.2. The maximum atomic E-state index is 12.0. The van der Waals surface area contributed by atoms with Crippen molar-refractivity contribution in [2.45, 2.75) is 18.4 Å². The SMILES string of the molecule is CCNC(=O)CNC(=O)CCNC(=O)c1ccc(C#N)c(S(C)(=O)=O)n1. The van der Waals surface area contributed by atoms with Crippen LogP contribution in [0.5, 0.6) is 0 Å². The molecule has 0 fully saturated rings. The number of nitriles is 1. The number of likely N-dealkylation sites (N-methyl/N-ethyl adjacent to an activating group) is 1. The lowest BCUT2D eigenvalue weighted by Gasteiger charge is -2.08. The smallest absolute Gasteiger partial charge is 0.269 e. The summed E-state index contributed by atoms with van der Waals surface area (Å²) in [4.78, 5) is 38.5. The van der Waals surface area contributed by atoms with Crippen molar-refractivity contribution in [3.8, 4) is 6.07 Å². The first kappa shape index (κ1) is 21.0. The van der Waals surface area contributed by atoms with Gasteiger partial charge in [-0.25, -0.2) is 13.4 Å². The van der Waals surface area contributed by atoms with Gasteiger partial charge in [0.05, 0.1) is 12.1 Å². The molecule has 3 amide bonds. The van der Waals surface area contributed by atoms with Gasteiger partial charge in [-0.1, -0.05) is 0 Å². The van der Waals surface area contributed by atoms with Crippen LogP contribution in [0.4, 0.5) is 0 Å².